The number of aromatic nitrogens is 2. The molecule has 3 nitrogen and oxygen atoms in total. The van der Waals surface area contributed by atoms with Crippen molar-refractivity contribution in [3.63, 3.8) is 0 Å². The van der Waals surface area contributed by atoms with Gasteiger partial charge in [0.05, 0.1) is 0 Å². The molecular weight excluding hydrogens is 178 g/mol. The molecule has 0 aliphatic heterocycles. The van der Waals surface area contributed by atoms with Crippen molar-refractivity contribution in [3.8, 4) is 0 Å². The number of carbonyl (C=O) groups is 1. The molecule has 0 aliphatic carbocycles. The number of imidazole rings is 1. The minimum atomic E-state index is -3.33. The third-order valence-electron chi connectivity index (χ3n) is 1.75. The van der Waals surface area contributed by atoms with Crippen molar-refractivity contribution in [3.05, 3.63) is 18.7 Å². The topological polar surface area (TPSA) is 34.9 Å². The second-order valence-corrected chi connectivity index (χ2v) is 3.05. The Morgan fingerprint density at radius 1 is 1.54 bits per heavy atom. The highest BCUT2D eigenvalue weighted by atomic mass is 19.3. The number of rotatable bonds is 2. The van der Waals surface area contributed by atoms with Gasteiger partial charge in [-0.15, -0.1) is 0 Å². The summed E-state index contributed by atoms with van der Waals surface area (Å²) >= 11 is 0. The van der Waals surface area contributed by atoms with Crippen LogP contribution in [0.1, 0.15) is 18.6 Å². The van der Waals surface area contributed by atoms with Crippen LogP contribution < -0.4 is 0 Å². The van der Waals surface area contributed by atoms with Gasteiger partial charge in [-0.3, -0.25) is 9.36 Å². The fourth-order valence-corrected chi connectivity index (χ4v) is 0.798. The Morgan fingerprint density at radius 3 is 2.54 bits per heavy atom. The smallest absolute Gasteiger partial charge is 0.271 e. The molecule has 0 N–H and O–H groups in total. The Labute approximate surface area is 74.4 Å². The number of hydrogen-bond acceptors (Lipinski definition) is 2. The van der Waals surface area contributed by atoms with E-state index in [0.29, 0.717) is 0 Å². The second kappa shape index (κ2) is 3.24. The molecule has 13 heavy (non-hydrogen) atoms. The molecule has 5 heteroatoms. The van der Waals surface area contributed by atoms with Crippen molar-refractivity contribution >= 4 is 5.91 Å². The third-order valence-corrected chi connectivity index (χ3v) is 1.75. The minimum Gasteiger partial charge on any atom is -0.271 e. The molecule has 0 saturated carbocycles. The van der Waals surface area contributed by atoms with Gasteiger partial charge in [-0.05, 0) is 0 Å². The lowest BCUT2D eigenvalue weighted by Crippen LogP contribution is -2.37. The number of carbonyl (C=O) groups excluding carboxylic acids is 1. The van der Waals surface area contributed by atoms with Crippen molar-refractivity contribution in [1.82, 2.24) is 9.55 Å². The van der Waals surface area contributed by atoms with Gasteiger partial charge in [0.15, 0.2) is 0 Å². The quantitative estimate of drug-likeness (QED) is 0.709. The zero-order chi connectivity index (χ0) is 10.1. The zero-order valence-electron chi connectivity index (χ0n) is 7.37. The van der Waals surface area contributed by atoms with Crippen LogP contribution in [0.3, 0.4) is 0 Å². The lowest BCUT2D eigenvalue weighted by atomic mass is 10.1. The Kier molecular flexibility index (Phi) is 2.45. The predicted octanol–water partition coefficient (Wildman–Crippen LogP) is 1.81. The molecule has 0 spiro atoms. The van der Waals surface area contributed by atoms with E-state index < -0.39 is 17.7 Å². The van der Waals surface area contributed by atoms with E-state index in [0.717, 1.165) is 10.9 Å². The Bertz CT molecular complexity index is 293. The fraction of sp³-hybridized carbons (Fsp3) is 0.500. The Morgan fingerprint density at radius 2 is 2.15 bits per heavy atom. The Hall–Kier alpha value is -1.26. The molecule has 0 amide bonds. The lowest BCUT2D eigenvalue weighted by molar-refractivity contribution is -0.0282. The van der Waals surface area contributed by atoms with Crippen LogP contribution in [-0.4, -0.2) is 21.4 Å². The van der Waals surface area contributed by atoms with Crippen LogP contribution in [0, 0.1) is 5.92 Å². The lowest BCUT2D eigenvalue weighted by Gasteiger charge is -2.18. The van der Waals surface area contributed by atoms with E-state index in [-0.39, 0.29) is 0 Å². The standard InChI is InChI=1S/C8H10F2N2O/c1-6(2)8(9,10)7(13)12-4-3-11-5-12/h3-6H,1-2H3. The van der Waals surface area contributed by atoms with E-state index >= 15 is 0 Å². The monoisotopic (exact) mass is 188 g/mol. The van der Waals surface area contributed by atoms with Crippen LogP contribution in [0.5, 0.6) is 0 Å². The molecule has 1 aromatic rings. The average molecular weight is 188 g/mol. The molecule has 0 atom stereocenters. The molecule has 0 aromatic carbocycles. The highest BCUT2D eigenvalue weighted by molar-refractivity contribution is 5.85. The first kappa shape index (κ1) is 9.83. The molecule has 0 aliphatic rings. The summed E-state index contributed by atoms with van der Waals surface area (Å²) in [6.45, 7) is 2.60. The largest absolute Gasteiger partial charge is 0.327 e. The van der Waals surface area contributed by atoms with Gasteiger partial charge >= 0.3 is 11.8 Å². The summed E-state index contributed by atoms with van der Waals surface area (Å²) in [5, 5.41) is 0. The fourth-order valence-electron chi connectivity index (χ4n) is 0.798. The molecule has 1 heterocycles. The number of halogens is 2. The second-order valence-electron chi connectivity index (χ2n) is 3.05. The van der Waals surface area contributed by atoms with Gasteiger partial charge in [-0.1, -0.05) is 13.8 Å². The summed E-state index contributed by atoms with van der Waals surface area (Å²) < 4.78 is 27.0. The highest BCUT2D eigenvalue weighted by Crippen LogP contribution is 2.25. The average Bonchev–Trinajstić information content (AvgIpc) is 2.54. The summed E-state index contributed by atoms with van der Waals surface area (Å²) in [5.41, 5.74) is 0. The van der Waals surface area contributed by atoms with Crippen LogP contribution in [-0.2, 0) is 0 Å². The molecule has 1 rings (SSSR count). The van der Waals surface area contributed by atoms with Crippen molar-refractivity contribution in [1.29, 1.82) is 0 Å². The molecule has 0 unspecified atom stereocenters. The molecule has 1 aromatic heterocycles. The van der Waals surface area contributed by atoms with E-state index in [1.807, 2.05) is 0 Å². The predicted molar refractivity (Wildman–Crippen MR) is 42.6 cm³/mol. The van der Waals surface area contributed by atoms with E-state index in [1.54, 1.807) is 0 Å². The molecule has 0 bridgehead atoms. The van der Waals surface area contributed by atoms with Crippen molar-refractivity contribution < 1.29 is 13.6 Å². The van der Waals surface area contributed by atoms with E-state index in [9.17, 15) is 13.6 Å². The van der Waals surface area contributed by atoms with Gasteiger partial charge < -0.3 is 0 Å². The summed E-state index contributed by atoms with van der Waals surface area (Å²) in [4.78, 5) is 14.7. The van der Waals surface area contributed by atoms with Crippen molar-refractivity contribution in [2.24, 2.45) is 5.92 Å². The normalized spacial score (nSPS) is 12.1. The van der Waals surface area contributed by atoms with Gasteiger partial charge in [0, 0.05) is 18.3 Å². The maximum Gasteiger partial charge on any atom is 0.327 e. The highest BCUT2D eigenvalue weighted by Gasteiger charge is 2.42. The van der Waals surface area contributed by atoms with Gasteiger partial charge in [0.2, 0.25) is 0 Å². The van der Waals surface area contributed by atoms with Gasteiger partial charge in [-0.25, -0.2) is 4.98 Å². The third kappa shape index (κ3) is 1.74. The van der Waals surface area contributed by atoms with Crippen molar-refractivity contribution in [2.45, 2.75) is 19.8 Å². The van der Waals surface area contributed by atoms with Gasteiger partial charge in [0.1, 0.15) is 6.33 Å². The number of nitrogens with zero attached hydrogens (tertiary/aromatic N) is 2. The SMILES string of the molecule is CC(C)C(F)(F)C(=O)n1ccnc1. The molecule has 0 fully saturated rings. The zero-order valence-corrected chi connectivity index (χ0v) is 7.37. The van der Waals surface area contributed by atoms with Crippen LogP contribution >= 0.6 is 0 Å². The number of hydrogen-bond donors (Lipinski definition) is 0. The maximum absolute atomic E-state index is 13.1. The van der Waals surface area contributed by atoms with Gasteiger partial charge in [-0.2, -0.15) is 8.78 Å². The maximum atomic E-state index is 13.1. The first-order valence-electron chi connectivity index (χ1n) is 3.87. The van der Waals surface area contributed by atoms with Crippen molar-refractivity contribution in [2.75, 3.05) is 0 Å². The van der Waals surface area contributed by atoms with E-state index in [4.69, 9.17) is 0 Å². The van der Waals surface area contributed by atoms with E-state index in [1.165, 1.54) is 26.2 Å². The summed E-state index contributed by atoms with van der Waals surface area (Å²) in [5.74, 6) is -5.58. The first-order valence-corrected chi connectivity index (χ1v) is 3.87. The van der Waals surface area contributed by atoms with Crippen LogP contribution in [0.4, 0.5) is 8.78 Å². The molecular formula is C8H10F2N2O. The summed E-state index contributed by atoms with van der Waals surface area (Å²) in [7, 11) is 0. The van der Waals surface area contributed by atoms with Crippen LogP contribution in [0.25, 0.3) is 0 Å². The Balaban J connectivity index is 2.91. The molecule has 0 radical (unpaired) electrons. The van der Waals surface area contributed by atoms with Gasteiger partial charge in [0.25, 0.3) is 0 Å². The number of alkyl halides is 2. The van der Waals surface area contributed by atoms with E-state index in [2.05, 4.69) is 4.98 Å². The first-order chi connectivity index (χ1) is 5.96. The summed E-state index contributed by atoms with van der Waals surface area (Å²) in [6.07, 6.45) is 3.56. The van der Waals surface area contributed by atoms with Crippen LogP contribution in [0.2, 0.25) is 0 Å². The molecule has 0 saturated heterocycles. The van der Waals surface area contributed by atoms with Crippen LogP contribution in [0.15, 0.2) is 18.7 Å². The summed E-state index contributed by atoms with van der Waals surface area (Å²) in [6, 6.07) is 0. The molecule has 72 valence electrons. The minimum absolute atomic E-state index is 0.792.